The number of nitrogens with zero attached hydrogens (tertiary/aromatic N) is 4. The molecule has 0 fully saturated rings. The van der Waals surface area contributed by atoms with Crippen molar-refractivity contribution in [2.24, 2.45) is 0 Å². The molecule has 13 heavy (non-hydrogen) atoms. The molecule has 1 N–H and O–H groups in total. The van der Waals surface area contributed by atoms with Crippen LogP contribution >= 0.6 is 0 Å². The Balaban J connectivity index is 2.33. The number of rotatable bonds is 2. The highest BCUT2D eigenvalue weighted by Crippen LogP contribution is 2.04. The van der Waals surface area contributed by atoms with Crippen LogP contribution in [0, 0.1) is 0 Å². The Bertz CT molecular complexity index is 368. The van der Waals surface area contributed by atoms with E-state index in [2.05, 4.69) is 15.3 Å². The van der Waals surface area contributed by atoms with Crippen molar-refractivity contribution in [2.75, 3.05) is 0 Å². The van der Waals surface area contributed by atoms with Crippen LogP contribution in [0.1, 0.15) is 5.69 Å². The van der Waals surface area contributed by atoms with E-state index in [4.69, 9.17) is 5.11 Å². The highest BCUT2D eigenvalue weighted by molar-refractivity contribution is 5.27. The van der Waals surface area contributed by atoms with Gasteiger partial charge in [0.05, 0.1) is 36.6 Å². The van der Waals surface area contributed by atoms with Crippen molar-refractivity contribution >= 4 is 0 Å². The summed E-state index contributed by atoms with van der Waals surface area (Å²) in [5, 5.41) is 16.2. The van der Waals surface area contributed by atoms with Gasteiger partial charge in [0.2, 0.25) is 0 Å². The van der Waals surface area contributed by atoms with Gasteiger partial charge < -0.3 is 5.11 Å². The van der Waals surface area contributed by atoms with Crippen LogP contribution in [0.25, 0.3) is 5.69 Å². The molecule has 0 unspecified atom stereocenters. The first-order valence-electron chi connectivity index (χ1n) is 3.82. The maximum absolute atomic E-state index is 8.76. The monoisotopic (exact) mass is 176 g/mol. The predicted molar refractivity (Wildman–Crippen MR) is 45.1 cm³/mol. The van der Waals surface area contributed by atoms with Gasteiger partial charge in [-0.2, -0.15) is 0 Å². The van der Waals surface area contributed by atoms with Gasteiger partial charge in [0.15, 0.2) is 0 Å². The van der Waals surface area contributed by atoms with Gasteiger partial charge in [-0.05, 0) is 12.1 Å². The van der Waals surface area contributed by atoms with Gasteiger partial charge in [-0.3, -0.25) is 4.98 Å². The van der Waals surface area contributed by atoms with Crippen LogP contribution in [-0.4, -0.2) is 25.1 Å². The van der Waals surface area contributed by atoms with Crippen molar-refractivity contribution in [2.45, 2.75) is 6.61 Å². The molecule has 2 rings (SSSR count). The average Bonchev–Trinajstić information content (AvgIpc) is 2.71. The zero-order valence-electron chi connectivity index (χ0n) is 6.83. The van der Waals surface area contributed by atoms with E-state index < -0.39 is 0 Å². The third kappa shape index (κ3) is 1.54. The molecule has 0 saturated carbocycles. The SMILES string of the molecule is OCc1ccc(-n2ccnn2)cn1. The van der Waals surface area contributed by atoms with E-state index >= 15 is 0 Å². The van der Waals surface area contributed by atoms with E-state index in [-0.39, 0.29) is 6.61 Å². The van der Waals surface area contributed by atoms with Crippen molar-refractivity contribution in [3.63, 3.8) is 0 Å². The molecule has 2 aromatic heterocycles. The maximum atomic E-state index is 8.76. The molecule has 0 radical (unpaired) electrons. The highest BCUT2D eigenvalue weighted by atomic mass is 16.3. The fourth-order valence-electron chi connectivity index (χ4n) is 0.992. The van der Waals surface area contributed by atoms with E-state index in [0.29, 0.717) is 5.69 Å². The van der Waals surface area contributed by atoms with Crippen molar-refractivity contribution in [3.05, 3.63) is 36.4 Å². The standard InChI is InChI=1S/C8H8N4O/c13-6-7-1-2-8(5-9-7)12-4-3-10-11-12/h1-5,13H,6H2. The molecule has 2 aromatic rings. The van der Waals surface area contributed by atoms with Crippen LogP contribution in [0.3, 0.4) is 0 Å². The molecule has 0 atom stereocenters. The van der Waals surface area contributed by atoms with Crippen molar-refractivity contribution in [3.8, 4) is 5.69 Å². The molecule has 0 saturated heterocycles. The lowest BCUT2D eigenvalue weighted by Crippen LogP contribution is -1.97. The zero-order chi connectivity index (χ0) is 9.10. The van der Waals surface area contributed by atoms with Gasteiger partial charge in [0, 0.05) is 0 Å². The van der Waals surface area contributed by atoms with E-state index in [1.807, 2.05) is 6.07 Å². The molecule has 0 aliphatic carbocycles. The predicted octanol–water partition coefficient (Wildman–Crippen LogP) is 0.155. The Kier molecular flexibility index (Phi) is 2.01. The minimum atomic E-state index is -0.0440. The van der Waals surface area contributed by atoms with E-state index in [9.17, 15) is 0 Å². The molecule has 0 aliphatic heterocycles. The highest BCUT2D eigenvalue weighted by Gasteiger charge is 1.96. The normalized spacial score (nSPS) is 10.2. The van der Waals surface area contributed by atoms with Crippen LogP contribution in [0.15, 0.2) is 30.7 Å². The Hall–Kier alpha value is -1.75. The number of hydrogen-bond acceptors (Lipinski definition) is 4. The summed E-state index contributed by atoms with van der Waals surface area (Å²) in [5.74, 6) is 0. The average molecular weight is 176 g/mol. The van der Waals surface area contributed by atoms with Crippen LogP contribution in [-0.2, 0) is 6.61 Å². The molecule has 0 spiro atoms. The zero-order valence-corrected chi connectivity index (χ0v) is 6.83. The summed E-state index contributed by atoms with van der Waals surface area (Å²) >= 11 is 0. The molecule has 0 aromatic carbocycles. The summed E-state index contributed by atoms with van der Waals surface area (Å²) in [6.45, 7) is -0.0440. The molecule has 5 heteroatoms. The number of aromatic nitrogens is 4. The molecule has 0 bridgehead atoms. The van der Waals surface area contributed by atoms with Gasteiger partial charge in [-0.25, -0.2) is 4.68 Å². The second-order valence-corrected chi connectivity index (χ2v) is 2.51. The minimum absolute atomic E-state index is 0.0440. The number of pyridine rings is 1. The fourth-order valence-corrected chi connectivity index (χ4v) is 0.992. The number of hydrogen-bond donors (Lipinski definition) is 1. The Morgan fingerprint density at radius 3 is 2.85 bits per heavy atom. The van der Waals surface area contributed by atoms with Gasteiger partial charge >= 0.3 is 0 Å². The van der Waals surface area contributed by atoms with Gasteiger partial charge in [-0.1, -0.05) is 5.21 Å². The molecule has 2 heterocycles. The van der Waals surface area contributed by atoms with Crippen LogP contribution in [0.2, 0.25) is 0 Å². The molecule has 5 nitrogen and oxygen atoms in total. The molecule has 66 valence electrons. The Labute approximate surface area is 74.7 Å². The first-order chi connectivity index (χ1) is 6.40. The molecular formula is C8H8N4O. The van der Waals surface area contributed by atoms with Gasteiger partial charge in [0.1, 0.15) is 0 Å². The quantitative estimate of drug-likeness (QED) is 0.707. The van der Waals surface area contributed by atoms with Crippen LogP contribution in [0.5, 0.6) is 0 Å². The third-order valence-corrected chi connectivity index (χ3v) is 1.66. The van der Waals surface area contributed by atoms with Gasteiger partial charge in [0.25, 0.3) is 0 Å². The topological polar surface area (TPSA) is 63.8 Å². The second kappa shape index (κ2) is 3.32. The summed E-state index contributed by atoms with van der Waals surface area (Å²) in [6, 6.07) is 3.57. The van der Waals surface area contributed by atoms with Crippen LogP contribution in [0.4, 0.5) is 0 Å². The number of aliphatic hydroxyl groups excluding tert-OH is 1. The summed E-state index contributed by atoms with van der Waals surface area (Å²) < 4.78 is 1.61. The first kappa shape index (κ1) is 7.88. The largest absolute Gasteiger partial charge is 0.390 e. The summed E-state index contributed by atoms with van der Waals surface area (Å²) in [7, 11) is 0. The van der Waals surface area contributed by atoms with Crippen molar-refractivity contribution in [1.82, 2.24) is 20.0 Å². The van der Waals surface area contributed by atoms with E-state index in [1.54, 1.807) is 29.3 Å². The Morgan fingerprint density at radius 2 is 2.31 bits per heavy atom. The Morgan fingerprint density at radius 1 is 1.38 bits per heavy atom. The van der Waals surface area contributed by atoms with E-state index in [0.717, 1.165) is 5.69 Å². The third-order valence-electron chi connectivity index (χ3n) is 1.66. The smallest absolute Gasteiger partial charge is 0.0852 e. The molecule has 0 amide bonds. The van der Waals surface area contributed by atoms with E-state index in [1.165, 1.54) is 0 Å². The van der Waals surface area contributed by atoms with Crippen molar-refractivity contribution in [1.29, 1.82) is 0 Å². The van der Waals surface area contributed by atoms with Gasteiger partial charge in [-0.15, -0.1) is 5.10 Å². The maximum Gasteiger partial charge on any atom is 0.0852 e. The minimum Gasteiger partial charge on any atom is -0.390 e. The number of aliphatic hydroxyl groups is 1. The lowest BCUT2D eigenvalue weighted by atomic mass is 10.3. The fraction of sp³-hybridized carbons (Fsp3) is 0.125. The van der Waals surface area contributed by atoms with Crippen molar-refractivity contribution < 1.29 is 5.11 Å². The lowest BCUT2D eigenvalue weighted by molar-refractivity contribution is 0.277. The second-order valence-electron chi connectivity index (χ2n) is 2.51. The summed E-state index contributed by atoms with van der Waals surface area (Å²) in [4.78, 5) is 4.01. The lowest BCUT2D eigenvalue weighted by Gasteiger charge is -1.99. The molecular weight excluding hydrogens is 168 g/mol. The first-order valence-corrected chi connectivity index (χ1v) is 3.82. The summed E-state index contributed by atoms with van der Waals surface area (Å²) in [6.07, 6.45) is 4.97. The molecule has 0 aliphatic rings. The summed E-state index contributed by atoms with van der Waals surface area (Å²) in [5.41, 5.74) is 1.47. The van der Waals surface area contributed by atoms with Crippen LogP contribution < -0.4 is 0 Å².